The van der Waals surface area contributed by atoms with Crippen LogP contribution in [0.1, 0.15) is 37.3 Å². The number of carbonyl (C=O) groups excluding carboxylic acids is 2. The molecule has 1 aromatic rings. The third kappa shape index (κ3) is 6.55. The summed E-state index contributed by atoms with van der Waals surface area (Å²) in [6.45, 7) is 14.2. The summed E-state index contributed by atoms with van der Waals surface area (Å²) in [4.78, 5) is 36.6. The van der Waals surface area contributed by atoms with E-state index in [1.807, 2.05) is 4.90 Å². The van der Waals surface area contributed by atoms with Gasteiger partial charge in [0, 0.05) is 71.5 Å². The number of aryl methyl sites for hydroxylation is 1. The van der Waals surface area contributed by atoms with Gasteiger partial charge in [-0.1, -0.05) is 24.3 Å². The molecule has 3 aliphatic heterocycles. The number of piperidine rings is 1. The molecule has 1 aromatic carbocycles. The van der Waals surface area contributed by atoms with E-state index in [0.29, 0.717) is 19.1 Å². The number of piperazine rings is 2. The van der Waals surface area contributed by atoms with Crippen LogP contribution in [0.15, 0.2) is 24.3 Å². The van der Waals surface area contributed by atoms with Gasteiger partial charge in [-0.15, -0.1) is 0 Å². The highest BCUT2D eigenvalue weighted by Crippen LogP contribution is 2.17. The van der Waals surface area contributed by atoms with Crippen LogP contribution in [0.2, 0.25) is 0 Å². The van der Waals surface area contributed by atoms with Crippen LogP contribution in [0.25, 0.3) is 0 Å². The van der Waals surface area contributed by atoms with Crippen LogP contribution in [0, 0.1) is 6.92 Å². The van der Waals surface area contributed by atoms with E-state index in [1.54, 1.807) is 0 Å². The van der Waals surface area contributed by atoms with Crippen molar-refractivity contribution in [2.45, 2.75) is 45.7 Å². The average Bonchev–Trinajstić information content (AvgIpc) is 2.82. The van der Waals surface area contributed by atoms with Gasteiger partial charge in [-0.3, -0.25) is 24.3 Å². The first-order valence-corrected chi connectivity index (χ1v) is 12.8. The lowest BCUT2D eigenvalue weighted by atomic mass is 10.0. The largest absolute Gasteiger partial charge is 0.339 e. The molecular formula is C26H41N5O2. The maximum Gasteiger partial charge on any atom is 0.236 e. The number of hydrogen-bond acceptors (Lipinski definition) is 5. The predicted octanol–water partition coefficient (Wildman–Crippen LogP) is 1.66. The lowest BCUT2D eigenvalue weighted by molar-refractivity contribution is -0.137. The Bertz CT molecular complexity index is 800. The molecular weight excluding hydrogens is 414 g/mol. The van der Waals surface area contributed by atoms with E-state index in [0.717, 1.165) is 78.3 Å². The standard InChI is InChI=1S/C26H41N5O2/c1-22-7-3-4-9-24(22)19-27-15-17-30(18-16-27)25(32)20-28-11-13-29(14-12-28)21-26(33)31-10-6-5-8-23(31)2/h3-4,7,9,23H,5-6,8,10-21H2,1-2H3. The van der Waals surface area contributed by atoms with Crippen LogP contribution in [0.3, 0.4) is 0 Å². The quantitative estimate of drug-likeness (QED) is 0.653. The van der Waals surface area contributed by atoms with Crippen LogP contribution >= 0.6 is 0 Å². The first-order chi connectivity index (χ1) is 16.0. The van der Waals surface area contributed by atoms with Gasteiger partial charge in [-0.25, -0.2) is 0 Å². The molecule has 1 unspecified atom stereocenters. The molecule has 3 heterocycles. The predicted molar refractivity (Wildman–Crippen MR) is 131 cm³/mol. The molecule has 0 aliphatic carbocycles. The van der Waals surface area contributed by atoms with E-state index in [-0.39, 0.29) is 11.8 Å². The minimum absolute atomic E-state index is 0.247. The fourth-order valence-electron chi connectivity index (χ4n) is 5.33. The van der Waals surface area contributed by atoms with Crippen molar-refractivity contribution in [3.63, 3.8) is 0 Å². The highest BCUT2D eigenvalue weighted by Gasteiger charge is 2.28. The fraction of sp³-hybridized carbons (Fsp3) is 0.692. The van der Waals surface area contributed by atoms with Crippen molar-refractivity contribution < 1.29 is 9.59 Å². The second-order valence-electron chi connectivity index (χ2n) is 10.1. The van der Waals surface area contributed by atoms with Crippen LogP contribution < -0.4 is 0 Å². The Kier molecular flexibility index (Phi) is 8.39. The van der Waals surface area contributed by atoms with Crippen molar-refractivity contribution in [1.82, 2.24) is 24.5 Å². The van der Waals surface area contributed by atoms with Crippen molar-refractivity contribution in [2.24, 2.45) is 0 Å². The Balaban J connectivity index is 1.15. The van der Waals surface area contributed by atoms with Crippen molar-refractivity contribution >= 4 is 11.8 Å². The van der Waals surface area contributed by atoms with Crippen molar-refractivity contribution in [3.05, 3.63) is 35.4 Å². The van der Waals surface area contributed by atoms with Crippen molar-refractivity contribution in [3.8, 4) is 0 Å². The number of likely N-dealkylation sites (tertiary alicyclic amines) is 1. The van der Waals surface area contributed by atoms with Crippen LogP contribution in [0.5, 0.6) is 0 Å². The Morgan fingerprint density at radius 2 is 1.39 bits per heavy atom. The lowest BCUT2D eigenvalue weighted by Crippen LogP contribution is -2.55. The van der Waals surface area contributed by atoms with Gasteiger partial charge in [0.2, 0.25) is 11.8 Å². The molecule has 7 heteroatoms. The molecule has 4 rings (SSSR count). The summed E-state index contributed by atoms with van der Waals surface area (Å²) in [6.07, 6.45) is 3.49. The van der Waals surface area contributed by atoms with Gasteiger partial charge in [0.1, 0.15) is 0 Å². The normalized spacial score (nSPS) is 23.6. The molecule has 0 N–H and O–H groups in total. The van der Waals surface area contributed by atoms with Crippen molar-refractivity contribution in [1.29, 1.82) is 0 Å². The van der Waals surface area contributed by atoms with Crippen LogP contribution in [-0.2, 0) is 16.1 Å². The van der Waals surface area contributed by atoms with Gasteiger partial charge in [0.15, 0.2) is 0 Å². The van der Waals surface area contributed by atoms with Gasteiger partial charge in [-0.05, 0) is 44.2 Å². The summed E-state index contributed by atoms with van der Waals surface area (Å²) in [5, 5.41) is 0. The Morgan fingerprint density at radius 3 is 2.03 bits per heavy atom. The number of rotatable bonds is 6. The summed E-state index contributed by atoms with van der Waals surface area (Å²) in [7, 11) is 0. The number of benzene rings is 1. The Morgan fingerprint density at radius 1 is 0.788 bits per heavy atom. The van der Waals surface area contributed by atoms with Gasteiger partial charge in [0.05, 0.1) is 13.1 Å². The highest BCUT2D eigenvalue weighted by molar-refractivity contribution is 5.79. The smallest absolute Gasteiger partial charge is 0.236 e. The monoisotopic (exact) mass is 455 g/mol. The molecule has 0 saturated carbocycles. The summed E-state index contributed by atoms with van der Waals surface area (Å²) in [5.41, 5.74) is 2.71. The molecule has 0 spiro atoms. The molecule has 182 valence electrons. The fourth-order valence-corrected chi connectivity index (χ4v) is 5.33. The van der Waals surface area contributed by atoms with Gasteiger partial charge in [0.25, 0.3) is 0 Å². The summed E-state index contributed by atoms with van der Waals surface area (Å²) < 4.78 is 0. The SMILES string of the molecule is Cc1ccccc1CN1CCN(C(=O)CN2CCN(CC(=O)N3CCCCC3C)CC2)CC1. The van der Waals surface area contributed by atoms with E-state index in [2.05, 4.69) is 57.7 Å². The molecule has 33 heavy (non-hydrogen) atoms. The second-order valence-corrected chi connectivity index (χ2v) is 10.1. The molecule has 0 radical (unpaired) electrons. The molecule has 0 aromatic heterocycles. The number of hydrogen-bond donors (Lipinski definition) is 0. The third-order valence-corrected chi connectivity index (χ3v) is 7.69. The first-order valence-electron chi connectivity index (χ1n) is 12.8. The zero-order valence-electron chi connectivity index (χ0n) is 20.5. The summed E-state index contributed by atoms with van der Waals surface area (Å²) in [6, 6.07) is 8.93. The maximum absolute atomic E-state index is 12.9. The zero-order chi connectivity index (χ0) is 23.2. The van der Waals surface area contributed by atoms with E-state index in [9.17, 15) is 9.59 Å². The molecule has 3 fully saturated rings. The number of amides is 2. The highest BCUT2D eigenvalue weighted by atomic mass is 16.2. The minimum atomic E-state index is 0.247. The average molecular weight is 456 g/mol. The number of carbonyl (C=O) groups is 2. The molecule has 3 saturated heterocycles. The molecule has 3 aliphatic rings. The second kappa shape index (κ2) is 11.4. The van der Waals surface area contributed by atoms with Gasteiger partial charge >= 0.3 is 0 Å². The first kappa shape index (κ1) is 24.2. The lowest BCUT2D eigenvalue weighted by Gasteiger charge is -2.39. The topological polar surface area (TPSA) is 50.3 Å². The van der Waals surface area contributed by atoms with E-state index in [1.165, 1.54) is 17.5 Å². The Labute approximate surface area is 199 Å². The molecule has 0 bridgehead atoms. The van der Waals surface area contributed by atoms with Crippen molar-refractivity contribution in [2.75, 3.05) is 72.0 Å². The van der Waals surface area contributed by atoms with E-state index in [4.69, 9.17) is 0 Å². The maximum atomic E-state index is 12.9. The minimum Gasteiger partial charge on any atom is -0.339 e. The van der Waals surface area contributed by atoms with Crippen LogP contribution in [-0.4, -0.2) is 114 Å². The summed E-state index contributed by atoms with van der Waals surface area (Å²) >= 11 is 0. The van der Waals surface area contributed by atoms with Gasteiger partial charge < -0.3 is 9.80 Å². The summed E-state index contributed by atoms with van der Waals surface area (Å²) in [5.74, 6) is 0.521. The molecule has 2 amide bonds. The van der Waals surface area contributed by atoms with Crippen LogP contribution in [0.4, 0.5) is 0 Å². The molecule has 1 atom stereocenters. The van der Waals surface area contributed by atoms with E-state index >= 15 is 0 Å². The van der Waals surface area contributed by atoms with E-state index < -0.39 is 0 Å². The van der Waals surface area contributed by atoms with Gasteiger partial charge in [-0.2, -0.15) is 0 Å². The number of nitrogens with zero attached hydrogens (tertiary/aromatic N) is 5. The third-order valence-electron chi connectivity index (χ3n) is 7.69. The zero-order valence-corrected chi connectivity index (χ0v) is 20.5. The molecule has 7 nitrogen and oxygen atoms in total. The Hall–Kier alpha value is -1.96.